The second kappa shape index (κ2) is 8.21. The number of thiazole rings is 1. The van der Waals surface area contributed by atoms with E-state index in [4.69, 9.17) is 28.0 Å². The van der Waals surface area contributed by atoms with Crippen LogP contribution in [0.1, 0.15) is 25.9 Å². The van der Waals surface area contributed by atoms with Gasteiger partial charge in [0.2, 0.25) is 0 Å². The Morgan fingerprint density at radius 2 is 1.88 bits per heavy atom. The van der Waals surface area contributed by atoms with E-state index in [1.165, 1.54) is 6.92 Å². The molecule has 26 heavy (non-hydrogen) atoms. The third-order valence-electron chi connectivity index (χ3n) is 2.88. The molecule has 0 aliphatic rings. The van der Waals surface area contributed by atoms with Crippen molar-refractivity contribution < 1.29 is 27.6 Å². The molecule has 140 valence electrons. The Labute approximate surface area is 159 Å². The molecule has 2 N–H and O–H groups in total. The first-order chi connectivity index (χ1) is 12.1. The lowest BCUT2D eigenvalue weighted by atomic mass is 10.2. The Morgan fingerprint density at radius 1 is 1.27 bits per heavy atom. The van der Waals surface area contributed by atoms with Crippen LogP contribution < -0.4 is 10.8 Å². The molecule has 1 aromatic carbocycles. The van der Waals surface area contributed by atoms with Crippen molar-refractivity contribution >= 4 is 46.5 Å². The third-order valence-corrected chi connectivity index (χ3v) is 4.56. The molecule has 0 aliphatic heterocycles. The summed E-state index contributed by atoms with van der Waals surface area (Å²) in [4.78, 5) is 30.9. The van der Waals surface area contributed by atoms with Crippen LogP contribution in [0.2, 0.25) is 10.0 Å². The van der Waals surface area contributed by atoms with Gasteiger partial charge >= 0.3 is 12.2 Å². The summed E-state index contributed by atoms with van der Waals surface area (Å²) in [5.74, 6) is -1.25. The number of rotatable bonds is 4. The highest BCUT2D eigenvalue weighted by molar-refractivity contribution is 7.13. The first kappa shape index (κ1) is 20.4. The van der Waals surface area contributed by atoms with E-state index in [2.05, 4.69) is 4.98 Å². The van der Waals surface area contributed by atoms with Gasteiger partial charge in [-0.15, -0.1) is 11.3 Å². The number of imide groups is 1. The van der Waals surface area contributed by atoms with Crippen molar-refractivity contribution in [2.45, 2.75) is 19.7 Å². The van der Waals surface area contributed by atoms with Crippen LogP contribution in [0.4, 0.5) is 18.0 Å². The topological polar surface area (TPSA) is 80.3 Å². The second-order valence-electron chi connectivity index (χ2n) is 4.78. The molecular weight excluding hydrogens is 418 g/mol. The monoisotopic (exact) mass is 427 g/mol. The molecule has 12 heteroatoms. The predicted octanol–water partition coefficient (Wildman–Crippen LogP) is 4.35. The first-order valence-electron chi connectivity index (χ1n) is 6.80. The highest BCUT2D eigenvalue weighted by atomic mass is 35.5. The number of aryl methyl sites for hydroxylation is 1. The van der Waals surface area contributed by atoms with Crippen molar-refractivity contribution in [3.8, 4) is 0 Å². The van der Waals surface area contributed by atoms with Crippen molar-refractivity contribution in [1.82, 2.24) is 15.8 Å². The number of aromatic nitrogens is 1. The van der Waals surface area contributed by atoms with E-state index < -0.39 is 28.7 Å². The van der Waals surface area contributed by atoms with Crippen molar-refractivity contribution in [2.75, 3.05) is 0 Å². The summed E-state index contributed by atoms with van der Waals surface area (Å²) >= 11 is 12.3. The largest absolute Gasteiger partial charge is 0.435 e. The number of benzene rings is 1. The average Bonchev–Trinajstić information content (AvgIpc) is 2.92. The molecule has 0 bridgehead atoms. The molecule has 0 aliphatic carbocycles. The lowest BCUT2D eigenvalue weighted by Gasteiger charge is -2.09. The Kier molecular flexibility index (Phi) is 6.45. The van der Waals surface area contributed by atoms with Gasteiger partial charge in [0.1, 0.15) is 11.5 Å². The van der Waals surface area contributed by atoms with Crippen LogP contribution in [0.15, 0.2) is 18.2 Å². The normalized spacial score (nSPS) is 11.3. The SMILES string of the molecule is Cc1nc(C(F)(F)F)c(C(=O)NC(=O)NOCc2c(Cl)cccc2Cl)s1. The van der Waals surface area contributed by atoms with E-state index in [0.29, 0.717) is 26.9 Å². The number of alkyl halides is 3. The van der Waals surface area contributed by atoms with Crippen molar-refractivity contribution in [1.29, 1.82) is 0 Å². The molecule has 2 aromatic rings. The number of amides is 3. The molecule has 0 saturated heterocycles. The van der Waals surface area contributed by atoms with Crippen LogP contribution in [0.25, 0.3) is 0 Å². The summed E-state index contributed by atoms with van der Waals surface area (Å²) < 4.78 is 38.5. The number of halogens is 5. The van der Waals surface area contributed by atoms with E-state index in [1.807, 2.05) is 5.48 Å². The predicted molar refractivity (Wildman–Crippen MR) is 89.1 cm³/mol. The van der Waals surface area contributed by atoms with Crippen molar-refractivity contribution in [3.05, 3.63) is 49.4 Å². The number of nitrogens with zero attached hydrogens (tertiary/aromatic N) is 1. The van der Waals surface area contributed by atoms with Crippen LogP contribution in [0.3, 0.4) is 0 Å². The van der Waals surface area contributed by atoms with Crippen LogP contribution in [0.5, 0.6) is 0 Å². The van der Waals surface area contributed by atoms with Gasteiger partial charge in [0.25, 0.3) is 5.91 Å². The van der Waals surface area contributed by atoms with Crippen LogP contribution in [0, 0.1) is 6.92 Å². The number of nitrogens with one attached hydrogen (secondary N) is 2. The highest BCUT2D eigenvalue weighted by Gasteiger charge is 2.39. The maximum atomic E-state index is 12.8. The van der Waals surface area contributed by atoms with Gasteiger partial charge in [-0.25, -0.2) is 15.3 Å². The minimum atomic E-state index is -4.81. The average molecular weight is 428 g/mol. The number of hydroxylamine groups is 1. The summed E-state index contributed by atoms with van der Waals surface area (Å²) in [6.07, 6.45) is -4.81. The molecule has 0 atom stereocenters. The molecule has 1 heterocycles. The van der Waals surface area contributed by atoms with Crippen molar-refractivity contribution in [2.24, 2.45) is 0 Å². The van der Waals surface area contributed by atoms with E-state index >= 15 is 0 Å². The fraction of sp³-hybridized carbons (Fsp3) is 0.214. The Bertz CT molecular complexity index is 822. The highest BCUT2D eigenvalue weighted by Crippen LogP contribution is 2.34. The molecular formula is C14H10Cl2F3N3O3S. The maximum absolute atomic E-state index is 12.8. The lowest BCUT2D eigenvalue weighted by Crippen LogP contribution is -2.39. The summed E-state index contributed by atoms with van der Waals surface area (Å²) in [6.45, 7) is 1.10. The minimum absolute atomic E-state index is 0.0347. The fourth-order valence-electron chi connectivity index (χ4n) is 1.80. The number of hydrogen-bond donors (Lipinski definition) is 2. The molecule has 0 radical (unpaired) electrons. The minimum Gasteiger partial charge on any atom is -0.271 e. The Morgan fingerprint density at radius 3 is 2.46 bits per heavy atom. The molecule has 0 unspecified atom stereocenters. The molecule has 0 saturated carbocycles. The van der Waals surface area contributed by atoms with Crippen LogP contribution in [-0.4, -0.2) is 16.9 Å². The standard InChI is InChI=1S/C14H10Cl2F3N3O3S/c1-6-20-11(14(17,18)19)10(26-6)12(23)21-13(24)22-25-5-7-8(15)3-2-4-9(7)16/h2-4H,5H2,1H3,(H2,21,22,23,24). The molecule has 2 rings (SSSR count). The zero-order valence-electron chi connectivity index (χ0n) is 12.9. The molecule has 6 nitrogen and oxygen atoms in total. The summed E-state index contributed by atoms with van der Waals surface area (Å²) in [5, 5.41) is 2.36. The first-order valence-corrected chi connectivity index (χ1v) is 8.37. The van der Waals surface area contributed by atoms with Gasteiger partial charge in [-0.3, -0.25) is 14.9 Å². The Balaban J connectivity index is 1.95. The van der Waals surface area contributed by atoms with Gasteiger partial charge in [0, 0.05) is 15.6 Å². The third kappa shape index (κ3) is 5.07. The van der Waals surface area contributed by atoms with Gasteiger partial charge in [0.05, 0.1) is 5.01 Å². The van der Waals surface area contributed by atoms with Gasteiger partial charge in [-0.05, 0) is 19.1 Å². The van der Waals surface area contributed by atoms with E-state index in [0.717, 1.165) is 0 Å². The van der Waals surface area contributed by atoms with Crippen LogP contribution in [-0.2, 0) is 17.6 Å². The summed E-state index contributed by atoms with van der Waals surface area (Å²) in [7, 11) is 0. The summed E-state index contributed by atoms with van der Waals surface area (Å²) in [5.41, 5.74) is 0.902. The van der Waals surface area contributed by atoms with Gasteiger partial charge in [0.15, 0.2) is 5.69 Å². The number of urea groups is 1. The molecule has 1 aromatic heterocycles. The Hall–Kier alpha value is -1.88. The zero-order valence-corrected chi connectivity index (χ0v) is 15.2. The summed E-state index contributed by atoms with van der Waals surface area (Å²) in [6, 6.07) is 3.57. The van der Waals surface area contributed by atoms with E-state index in [-0.39, 0.29) is 11.6 Å². The lowest BCUT2D eigenvalue weighted by molar-refractivity contribution is -0.141. The maximum Gasteiger partial charge on any atom is 0.435 e. The molecule has 0 spiro atoms. The van der Waals surface area contributed by atoms with Gasteiger partial charge in [-0.1, -0.05) is 29.3 Å². The number of carbonyl (C=O) groups excluding carboxylic acids is 2. The quantitative estimate of drug-likeness (QED) is 0.710. The van der Waals surface area contributed by atoms with Gasteiger partial charge in [-0.2, -0.15) is 13.2 Å². The van der Waals surface area contributed by atoms with E-state index in [9.17, 15) is 22.8 Å². The molecule has 3 amide bonds. The fourth-order valence-corrected chi connectivity index (χ4v) is 3.14. The second-order valence-corrected chi connectivity index (χ2v) is 6.80. The van der Waals surface area contributed by atoms with Gasteiger partial charge < -0.3 is 0 Å². The molecule has 0 fully saturated rings. The van der Waals surface area contributed by atoms with Crippen LogP contribution >= 0.6 is 34.5 Å². The van der Waals surface area contributed by atoms with E-state index in [1.54, 1.807) is 23.5 Å². The number of carbonyl (C=O) groups is 2. The zero-order chi connectivity index (χ0) is 19.5. The number of hydrogen-bond acceptors (Lipinski definition) is 5. The smallest absolute Gasteiger partial charge is 0.271 e. The van der Waals surface area contributed by atoms with Crippen molar-refractivity contribution in [3.63, 3.8) is 0 Å².